The predicted octanol–water partition coefficient (Wildman–Crippen LogP) is 3.96. The highest BCUT2D eigenvalue weighted by Crippen LogP contribution is 2.38. The molecular weight excluding hydrogens is 414 g/mol. The van der Waals surface area contributed by atoms with Crippen LogP contribution in [-0.4, -0.2) is 61.4 Å². The lowest BCUT2D eigenvalue weighted by Crippen LogP contribution is -2.47. The Hall–Kier alpha value is -3.12. The number of carbonyl (C=O) groups is 2. The van der Waals surface area contributed by atoms with Gasteiger partial charge in [-0.25, -0.2) is 4.90 Å². The van der Waals surface area contributed by atoms with Crippen molar-refractivity contribution < 1.29 is 14.3 Å². The zero-order chi connectivity index (χ0) is 23.4. The summed E-state index contributed by atoms with van der Waals surface area (Å²) < 4.78 is 5.56. The maximum absolute atomic E-state index is 13.8. The molecule has 2 heterocycles. The first-order valence-corrected chi connectivity index (χ1v) is 11.9. The third-order valence-corrected chi connectivity index (χ3v) is 6.59. The number of hydrogen-bond donors (Lipinski definition) is 0. The highest BCUT2D eigenvalue weighted by atomic mass is 16.5. The Bertz CT molecular complexity index is 1040. The van der Waals surface area contributed by atoms with Crippen molar-refractivity contribution >= 4 is 23.1 Å². The van der Waals surface area contributed by atoms with E-state index in [2.05, 4.69) is 23.6 Å². The molecule has 4 rings (SSSR count). The van der Waals surface area contributed by atoms with Crippen molar-refractivity contribution in [1.82, 2.24) is 9.80 Å². The number of anilines is 1. The molecule has 2 aliphatic rings. The van der Waals surface area contributed by atoms with Crippen LogP contribution >= 0.6 is 0 Å². The topological polar surface area (TPSA) is 53.1 Å². The van der Waals surface area contributed by atoms with Gasteiger partial charge in [-0.3, -0.25) is 9.59 Å². The first-order chi connectivity index (χ1) is 16.1. The third kappa shape index (κ3) is 4.53. The number of likely N-dealkylation sites (N-methyl/N-ethyl adjacent to an activating group) is 1. The van der Waals surface area contributed by atoms with Crippen molar-refractivity contribution in [2.45, 2.75) is 33.1 Å². The van der Waals surface area contributed by atoms with Crippen molar-refractivity contribution in [3.05, 3.63) is 65.4 Å². The fraction of sp³-hybridized carbons (Fsp3) is 0.407. The van der Waals surface area contributed by atoms with Crippen molar-refractivity contribution in [3.63, 3.8) is 0 Å². The fourth-order valence-electron chi connectivity index (χ4n) is 4.62. The monoisotopic (exact) mass is 447 g/mol. The SMILES string of the molecule is CCCCc1ccc(N2C(=O)C(c3ccccc3OC)=C(N3CCN(CC)CC3)C2=O)cc1. The van der Waals surface area contributed by atoms with Gasteiger partial charge in [0.05, 0.1) is 18.4 Å². The van der Waals surface area contributed by atoms with Crippen LogP contribution in [-0.2, 0) is 16.0 Å². The number of carbonyl (C=O) groups excluding carboxylic acids is 2. The summed E-state index contributed by atoms with van der Waals surface area (Å²) in [5.74, 6) is 0.0426. The van der Waals surface area contributed by atoms with Gasteiger partial charge in [0.2, 0.25) is 0 Å². The molecule has 0 saturated carbocycles. The lowest BCUT2D eigenvalue weighted by atomic mass is 10.0. The third-order valence-electron chi connectivity index (χ3n) is 6.59. The Balaban J connectivity index is 1.73. The molecule has 2 aromatic rings. The van der Waals surface area contributed by atoms with Gasteiger partial charge < -0.3 is 14.5 Å². The number of nitrogens with zero attached hydrogens (tertiary/aromatic N) is 3. The van der Waals surface area contributed by atoms with Gasteiger partial charge in [-0.15, -0.1) is 0 Å². The lowest BCUT2D eigenvalue weighted by molar-refractivity contribution is -0.120. The smallest absolute Gasteiger partial charge is 0.282 e. The number of piperazine rings is 1. The van der Waals surface area contributed by atoms with Crippen molar-refractivity contribution in [2.24, 2.45) is 0 Å². The molecule has 33 heavy (non-hydrogen) atoms. The summed E-state index contributed by atoms with van der Waals surface area (Å²) in [6, 6.07) is 15.3. The molecule has 6 nitrogen and oxygen atoms in total. The molecule has 0 aromatic heterocycles. The van der Waals surface area contributed by atoms with E-state index in [0.29, 0.717) is 41.4 Å². The van der Waals surface area contributed by atoms with Crippen LogP contribution in [0.25, 0.3) is 5.57 Å². The van der Waals surface area contributed by atoms with E-state index in [-0.39, 0.29) is 11.8 Å². The molecule has 1 fully saturated rings. The summed E-state index contributed by atoms with van der Waals surface area (Å²) in [7, 11) is 1.59. The van der Waals surface area contributed by atoms with Gasteiger partial charge in [-0.1, -0.05) is 50.6 Å². The molecule has 174 valence electrons. The number of ether oxygens (including phenoxy) is 1. The second-order valence-electron chi connectivity index (χ2n) is 8.56. The van der Waals surface area contributed by atoms with E-state index in [1.807, 2.05) is 48.5 Å². The number of imide groups is 1. The number of para-hydroxylation sites is 1. The zero-order valence-electron chi connectivity index (χ0n) is 19.8. The fourth-order valence-corrected chi connectivity index (χ4v) is 4.62. The highest BCUT2D eigenvalue weighted by molar-refractivity contribution is 6.45. The molecule has 0 unspecified atom stereocenters. The number of aryl methyl sites for hydroxylation is 1. The normalized spacial score (nSPS) is 17.3. The number of benzene rings is 2. The van der Waals surface area contributed by atoms with Crippen LogP contribution in [0.15, 0.2) is 54.2 Å². The van der Waals surface area contributed by atoms with Gasteiger partial charge in [-0.05, 0) is 43.1 Å². The van der Waals surface area contributed by atoms with Crippen LogP contribution in [0.4, 0.5) is 5.69 Å². The molecule has 0 atom stereocenters. The first kappa shape index (κ1) is 23.1. The first-order valence-electron chi connectivity index (χ1n) is 11.9. The maximum atomic E-state index is 13.8. The number of amides is 2. The van der Waals surface area contributed by atoms with Crippen LogP contribution in [0.3, 0.4) is 0 Å². The molecule has 0 spiro atoms. The van der Waals surface area contributed by atoms with Gasteiger partial charge >= 0.3 is 0 Å². The molecule has 0 aliphatic carbocycles. The van der Waals surface area contributed by atoms with E-state index in [1.165, 1.54) is 10.5 Å². The van der Waals surface area contributed by atoms with Crippen molar-refractivity contribution in [1.29, 1.82) is 0 Å². The van der Waals surface area contributed by atoms with E-state index in [1.54, 1.807) is 7.11 Å². The maximum Gasteiger partial charge on any atom is 0.282 e. The molecule has 2 amide bonds. The second kappa shape index (κ2) is 10.2. The van der Waals surface area contributed by atoms with Crippen LogP contribution in [0, 0.1) is 0 Å². The van der Waals surface area contributed by atoms with Crippen LogP contribution in [0.1, 0.15) is 37.8 Å². The molecule has 0 N–H and O–H groups in total. The largest absolute Gasteiger partial charge is 0.496 e. The second-order valence-corrected chi connectivity index (χ2v) is 8.56. The summed E-state index contributed by atoms with van der Waals surface area (Å²) >= 11 is 0. The Labute approximate surface area is 196 Å². The minimum absolute atomic E-state index is 0.257. The summed E-state index contributed by atoms with van der Waals surface area (Å²) in [6.45, 7) is 8.46. The molecule has 2 aromatic carbocycles. The number of unbranched alkanes of at least 4 members (excludes halogenated alkanes) is 1. The Morgan fingerprint density at radius 2 is 1.58 bits per heavy atom. The summed E-state index contributed by atoms with van der Waals surface area (Å²) in [5.41, 5.74) is 3.40. The van der Waals surface area contributed by atoms with Crippen LogP contribution in [0.5, 0.6) is 5.75 Å². The van der Waals surface area contributed by atoms with Crippen molar-refractivity contribution in [3.8, 4) is 5.75 Å². The Morgan fingerprint density at radius 1 is 0.879 bits per heavy atom. The predicted molar refractivity (Wildman–Crippen MR) is 131 cm³/mol. The van der Waals surface area contributed by atoms with Crippen LogP contribution < -0.4 is 9.64 Å². The van der Waals surface area contributed by atoms with Gasteiger partial charge in [0.15, 0.2) is 0 Å². The average molecular weight is 448 g/mol. The Kier molecular flexibility index (Phi) is 7.14. The Morgan fingerprint density at radius 3 is 2.21 bits per heavy atom. The van der Waals surface area contributed by atoms with E-state index in [9.17, 15) is 9.59 Å². The minimum Gasteiger partial charge on any atom is -0.496 e. The zero-order valence-corrected chi connectivity index (χ0v) is 19.8. The summed E-state index contributed by atoms with van der Waals surface area (Å²) in [4.78, 5) is 33.3. The van der Waals surface area contributed by atoms with E-state index in [4.69, 9.17) is 4.74 Å². The summed E-state index contributed by atoms with van der Waals surface area (Å²) in [6.07, 6.45) is 3.25. The lowest BCUT2D eigenvalue weighted by Gasteiger charge is -2.36. The minimum atomic E-state index is -0.293. The molecule has 6 heteroatoms. The highest BCUT2D eigenvalue weighted by Gasteiger charge is 2.43. The van der Waals surface area contributed by atoms with Gasteiger partial charge in [-0.2, -0.15) is 0 Å². The quantitative estimate of drug-likeness (QED) is 0.574. The average Bonchev–Trinajstić information content (AvgIpc) is 3.12. The molecule has 0 radical (unpaired) electrons. The number of hydrogen-bond acceptors (Lipinski definition) is 5. The molecule has 0 bridgehead atoms. The number of methoxy groups -OCH3 is 1. The van der Waals surface area contributed by atoms with Gasteiger partial charge in [0.25, 0.3) is 11.8 Å². The summed E-state index contributed by atoms with van der Waals surface area (Å²) in [5, 5.41) is 0. The van der Waals surface area contributed by atoms with Gasteiger partial charge in [0.1, 0.15) is 11.4 Å². The van der Waals surface area contributed by atoms with E-state index >= 15 is 0 Å². The van der Waals surface area contributed by atoms with Crippen molar-refractivity contribution in [2.75, 3.05) is 44.7 Å². The van der Waals surface area contributed by atoms with Gasteiger partial charge in [0, 0.05) is 31.7 Å². The van der Waals surface area contributed by atoms with E-state index < -0.39 is 0 Å². The van der Waals surface area contributed by atoms with Crippen LogP contribution in [0.2, 0.25) is 0 Å². The molecule has 2 aliphatic heterocycles. The standard InChI is InChI=1S/C27H33N3O3/c1-4-6-9-20-12-14-21(15-13-20)30-26(31)24(22-10-7-8-11-23(22)33-3)25(27(30)32)29-18-16-28(5-2)17-19-29/h7-8,10-15H,4-6,9,16-19H2,1-3H3. The molecule has 1 saturated heterocycles. The molecular formula is C27H33N3O3. The number of rotatable bonds is 8. The van der Waals surface area contributed by atoms with E-state index in [0.717, 1.165) is 38.9 Å².